The van der Waals surface area contributed by atoms with Gasteiger partial charge in [0, 0.05) is 7.05 Å². The molecule has 0 atom stereocenters. The molecule has 0 unspecified atom stereocenters. The van der Waals surface area contributed by atoms with E-state index in [4.69, 9.17) is 9.15 Å². The van der Waals surface area contributed by atoms with Gasteiger partial charge in [-0.3, -0.25) is 4.79 Å². The van der Waals surface area contributed by atoms with E-state index in [0.717, 1.165) is 5.56 Å². The third kappa shape index (κ3) is 3.51. The number of hydrogen-bond donors (Lipinski definition) is 1. The van der Waals surface area contributed by atoms with E-state index in [1.54, 1.807) is 7.05 Å². The maximum absolute atomic E-state index is 11.2. The van der Waals surface area contributed by atoms with Crippen molar-refractivity contribution in [3.63, 3.8) is 0 Å². The first-order valence-electron chi connectivity index (χ1n) is 6.13. The van der Waals surface area contributed by atoms with Gasteiger partial charge in [-0.15, -0.1) is 10.2 Å². The van der Waals surface area contributed by atoms with E-state index in [1.807, 2.05) is 31.2 Å². The summed E-state index contributed by atoms with van der Waals surface area (Å²) in [4.78, 5) is 11.2. The first-order chi connectivity index (χ1) is 9.74. The predicted octanol–water partition coefficient (Wildman–Crippen LogP) is 1.97. The zero-order chi connectivity index (χ0) is 14.4. The van der Waals surface area contributed by atoms with E-state index in [9.17, 15) is 4.79 Å². The van der Waals surface area contributed by atoms with Crippen molar-refractivity contribution in [2.45, 2.75) is 12.1 Å². The summed E-state index contributed by atoms with van der Waals surface area (Å²) in [7, 11) is 1.58. The van der Waals surface area contributed by atoms with Crippen LogP contribution in [0.25, 0.3) is 11.5 Å². The van der Waals surface area contributed by atoms with Crippen molar-refractivity contribution in [2.75, 3.05) is 19.4 Å². The second-order valence-corrected chi connectivity index (χ2v) is 4.69. The molecule has 0 fully saturated rings. The minimum Gasteiger partial charge on any atom is -0.493 e. The summed E-state index contributed by atoms with van der Waals surface area (Å²) in [6, 6.07) is 7.46. The Morgan fingerprint density at radius 1 is 1.40 bits per heavy atom. The van der Waals surface area contributed by atoms with Crippen LogP contribution in [0.4, 0.5) is 0 Å². The van der Waals surface area contributed by atoms with E-state index in [-0.39, 0.29) is 11.7 Å². The number of ether oxygens (including phenoxy) is 1. The van der Waals surface area contributed by atoms with Crippen LogP contribution in [0.15, 0.2) is 33.9 Å². The third-order valence-electron chi connectivity index (χ3n) is 2.43. The monoisotopic (exact) mass is 293 g/mol. The molecular weight excluding hydrogens is 278 g/mol. The molecule has 1 amide bonds. The number of para-hydroxylation sites is 1. The molecule has 0 radical (unpaired) electrons. The van der Waals surface area contributed by atoms with E-state index >= 15 is 0 Å². The van der Waals surface area contributed by atoms with Gasteiger partial charge in [-0.25, -0.2) is 0 Å². The molecule has 0 saturated carbocycles. The van der Waals surface area contributed by atoms with Gasteiger partial charge in [0.05, 0.1) is 17.9 Å². The van der Waals surface area contributed by atoms with Gasteiger partial charge in [-0.1, -0.05) is 23.9 Å². The zero-order valence-electron chi connectivity index (χ0n) is 11.3. The minimum atomic E-state index is -0.0931. The number of nitrogens with zero attached hydrogens (tertiary/aromatic N) is 2. The van der Waals surface area contributed by atoms with Crippen LogP contribution in [0.5, 0.6) is 5.75 Å². The highest BCUT2D eigenvalue weighted by molar-refractivity contribution is 7.99. The molecule has 20 heavy (non-hydrogen) atoms. The number of thioether (sulfide) groups is 1. The smallest absolute Gasteiger partial charge is 0.277 e. The van der Waals surface area contributed by atoms with Gasteiger partial charge in [0.25, 0.3) is 11.1 Å². The van der Waals surface area contributed by atoms with E-state index in [2.05, 4.69) is 15.5 Å². The Bertz CT molecular complexity index is 586. The molecule has 2 aromatic rings. The number of carbonyl (C=O) groups is 1. The molecule has 6 nitrogen and oxygen atoms in total. The number of nitrogens with one attached hydrogen (secondary N) is 1. The molecule has 1 heterocycles. The van der Waals surface area contributed by atoms with Gasteiger partial charge >= 0.3 is 0 Å². The third-order valence-corrected chi connectivity index (χ3v) is 3.25. The molecule has 106 valence electrons. The Morgan fingerprint density at radius 2 is 2.20 bits per heavy atom. The Kier molecular flexibility index (Phi) is 5.00. The number of benzene rings is 1. The van der Waals surface area contributed by atoms with Crippen LogP contribution in [0.1, 0.15) is 6.92 Å². The fourth-order valence-corrected chi connectivity index (χ4v) is 2.14. The molecular formula is C13H15N3O3S. The number of aromatic nitrogens is 2. The fourth-order valence-electron chi connectivity index (χ4n) is 1.50. The van der Waals surface area contributed by atoms with Gasteiger partial charge in [0.15, 0.2) is 0 Å². The average molecular weight is 293 g/mol. The predicted molar refractivity (Wildman–Crippen MR) is 75.7 cm³/mol. The van der Waals surface area contributed by atoms with Gasteiger partial charge in [0.2, 0.25) is 5.91 Å². The molecule has 0 saturated heterocycles. The van der Waals surface area contributed by atoms with Crippen molar-refractivity contribution in [3.8, 4) is 17.2 Å². The van der Waals surface area contributed by atoms with Crippen LogP contribution in [-0.4, -0.2) is 35.5 Å². The van der Waals surface area contributed by atoms with Gasteiger partial charge < -0.3 is 14.5 Å². The first kappa shape index (κ1) is 14.4. The van der Waals surface area contributed by atoms with Crippen LogP contribution in [0, 0.1) is 0 Å². The Morgan fingerprint density at radius 3 is 2.95 bits per heavy atom. The first-order valence-corrected chi connectivity index (χ1v) is 7.12. The highest BCUT2D eigenvalue weighted by Gasteiger charge is 2.14. The van der Waals surface area contributed by atoms with E-state index in [0.29, 0.717) is 23.5 Å². The van der Waals surface area contributed by atoms with Crippen molar-refractivity contribution in [1.82, 2.24) is 15.5 Å². The van der Waals surface area contributed by atoms with E-state index < -0.39 is 0 Å². The van der Waals surface area contributed by atoms with Crippen LogP contribution < -0.4 is 10.1 Å². The summed E-state index contributed by atoms with van der Waals surface area (Å²) >= 11 is 1.19. The van der Waals surface area contributed by atoms with Crippen molar-refractivity contribution < 1.29 is 13.9 Å². The van der Waals surface area contributed by atoms with Gasteiger partial charge in [-0.05, 0) is 19.1 Å². The van der Waals surface area contributed by atoms with Crippen LogP contribution in [-0.2, 0) is 4.79 Å². The molecule has 0 aliphatic rings. The summed E-state index contributed by atoms with van der Waals surface area (Å²) in [5.41, 5.74) is 0.744. The standard InChI is InChI=1S/C13H15N3O3S/c1-3-18-10-7-5-4-6-9(10)12-15-16-13(19-12)20-8-11(17)14-2/h4-7H,3,8H2,1-2H3,(H,14,17). The Labute approximate surface area is 120 Å². The molecule has 7 heteroatoms. The van der Waals surface area contributed by atoms with Crippen LogP contribution >= 0.6 is 11.8 Å². The second-order valence-electron chi connectivity index (χ2n) is 3.76. The van der Waals surface area contributed by atoms with Crippen molar-refractivity contribution in [2.24, 2.45) is 0 Å². The fraction of sp³-hybridized carbons (Fsp3) is 0.308. The van der Waals surface area contributed by atoms with Crippen LogP contribution in [0.2, 0.25) is 0 Å². The summed E-state index contributed by atoms with van der Waals surface area (Å²) in [5, 5.41) is 10.8. The quantitative estimate of drug-likeness (QED) is 0.821. The highest BCUT2D eigenvalue weighted by atomic mass is 32.2. The molecule has 0 spiro atoms. The molecule has 1 aromatic carbocycles. The van der Waals surface area contributed by atoms with Crippen molar-refractivity contribution in [1.29, 1.82) is 0 Å². The maximum atomic E-state index is 11.2. The molecule has 0 aliphatic carbocycles. The highest BCUT2D eigenvalue weighted by Crippen LogP contribution is 2.30. The lowest BCUT2D eigenvalue weighted by molar-refractivity contribution is -0.118. The largest absolute Gasteiger partial charge is 0.493 e. The van der Waals surface area contributed by atoms with Gasteiger partial charge in [-0.2, -0.15) is 0 Å². The van der Waals surface area contributed by atoms with E-state index in [1.165, 1.54) is 11.8 Å². The number of carbonyl (C=O) groups excluding carboxylic acids is 1. The normalized spacial score (nSPS) is 10.3. The SMILES string of the molecule is CCOc1ccccc1-c1nnc(SCC(=O)NC)o1. The number of amides is 1. The minimum absolute atomic E-state index is 0.0931. The van der Waals surface area contributed by atoms with Crippen molar-refractivity contribution in [3.05, 3.63) is 24.3 Å². The summed E-state index contributed by atoms with van der Waals surface area (Å²) in [6.45, 7) is 2.47. The van der Waals surface area contributed by atoms with Crippen LogP contribution in [0.3, 0.4) is 0 Å². The second kappa shape index (κ2) is 6.95. The van der Waals surface area contributed by atoms with Gasteiger partial charge in [0.1, 0.15) is 5.75 Å². The Hall–Kier alpha value is -2.02. The lowest BCUT2D eigenvalue weighted by Gasteiger charge is -2.05. The molecule has 0 bridgehead atoms. The summed E-state index contributed by atoms with van der Waals surface area (Å²) in [6.07, 6.45) is 0. The lowest BCUT2D eigenvalue weighted by Crippen LogP contribution is -2.19. The summed E-state index contributed by atoms with van der Waals surface area (Å²) < 4.78 is 11.0. The number of rotatable bonds is 6. The summed E-state index contributed by atoms with van der Waals surface area (Å²) in [5.74, 6) is 1.23. The molecule has 0 aliphatic heterocycles. The zero-order valence-corrected chi connectivity index (χ0v) is 12.1. The Balaban J connectivity index is 2.14. The number of hydrogen-bond acceptors (Lipinski definition) is 6. The molecule has 2 rings (SSSR count). The molecule has 1 aromatic heterocycles. The average Bonchev–Trinajstić information content (AvgIpc) is 2.94. The maximum Gasteiger partial charge on any atom is 0.277 e. The van der Waals surface area contributed by atoms with Crippen molar-refractivity contribution >= 4 is 17.7 Å². The lowest BCUT2D eigenvalue weighted by atomic mass is 10.2. The molecule has 1 N–H and O–H groups in total. The topological polar surface area (TPSA) is 77.2 Å².